The van der Waals surface area contributed by atoms with Crippen molar-refractivity contribution in [1.82, 2.24) is 15.1 Å². The summed E-state index contributed by atoms with van der Waals surface area (Å²) in [7, 11) is 0. The van der Waals surface area contributed by atoms with Crippen LogP contribution in [0.3, 0.4) is 0 Å². The summed E-state index contributed by atoms with van der Waals surface area (Å²) in [4.78, 5) is 28.1. The van der Waals surface area contributed by atoms with E-state index in [0.29, 0.717) is 32.1 Å². The summed E-state index contributed by atoms with van der Waals surface area (Å²) >= 11 is 0. The van der Waals surface area contributed by atoms with Gasteiger partial charge in [0.1, 0.15) is 18.1 Å². The average Bonchev–Trinajstić information content (AvgIpc) is 2.74. The molecule has 0 saturated carbocycles. The summed E-state index contributed by atoms with van der Waals surface area (Å²) in [5, 5.41) is 2.95. The molecule has 0 bridgehead atoms. The minimum atomic E-state index is -0.103. The number of amides is 3. The number of hydrogen-bond donors (Lipinski definition) is 1. The van der Waals surface area contributed by atoms with Crippen molar-refractivity contribution in [2.75, 3.05) is 32.8 Å². The average molecular weight is 407 g/mol. The van der Waals surface area contributed by atoms with Crippen molar-refractivity contribution in [3.8, 4) is 11.5 Å². The summed E-state index contributed by atoms with van der Waals surface area (Å²) < 4.78 is 11.4. The van der Waals surface area contributed by atoms with Crippen molar-refractivity contribution in [1.29, 1.82) is 0 Å². The number of rotatable bonds is 3. The van der Waals surface area contributed by atoms with Crippen molar-refractivity contribution < 1.29 is 19.1 Å². The lowest BCUT2D eigenvalue weighted by atomic mass is 9.91. The van der Waals surface area contributed by atoms with E-state index in [1.807, 2.05) is 52.3 Å². The Balaban J connectivity index is 1.13. The molecule has 0 radical (unpaired) electrons. The standard InChI is InChI=1S/C23H25N3O4/c27-22-15-29-21-10-11-25(14-20(21)24-22)23(28)26-12-17(13-26)16-6-8-19(9-7-16)30-18-4-2-1-3-5-18/h1-9,17,20-21H,10-15H2,(H,24,27)/t20-,21+/m1/s1. The molecule has 3 aliphatic rings. The van der Waals surface area contributed by atoms with Crippen LogP contribution in [-0.4, -0.2) is 66.7 Å². The molecule has 7 heteroatoms. The van der Waals surface area contributed by atoms with Gasteiger partial charge in [-0.05, 0) is 36.2 Å². The van der Waals surface area contributed by atoms with Gasteiger partial charge in [-0.25, -0.2) is 4.79 Å². The van der Waals surface area contributed by atoms with Gasteiger partial charge in [-0.15, -0.1) is 0 Å². The third kappa shape index (κ3) is 3.85. The number of morpholine rings is 1. The maximum Gasteiger partial charge on any atom is 0.320 e. The number of urea groups is 1. The van der Waals surface area contributed by atoms with Crippen LogP contribution in [0.15, 0.2) is 54.6 Å². The molecule has 2 atom stereocenters. The van der Waals surface area contributed by atoms with Crippen LogP contribution in [0.1, 0.15) is 17.9 Å². The van der Waals surface area contributed by atoms with Crippen LogP contribution in [0, 0.1) is 0 Å². The highest BCUT2D eigenvalue weighted by molar-refractivity contribution is 5.79. The fraction of sp³-hybridized carbons (Fsp3) is 0.391. The first kappa shape index (κ1) is 18.9. The molecule has 30 heavy (non-hydrogen) atoms. The highest BCUT2D eigenvalue weighted by Gasteiger charge is 2.40. The van der Waals surface area contributed by atoms with Crippen molar-refractivity contribution >= 4 is 11.9 Å². The van der Waals surface area contributed by atoms with E-state index in [1.54, 1.807) is 0 Å². The second kappa shape index (κ2) is 7.99. The number of nitrogens with one attached hydrogen (secondary N) is 1. The number of fused-ring (bicyclic) bond motifs is 1. The smallest absolute Gasteiger partial charge is 0.320 e. The van der Waals surface area contributed by atoms with Crippen molar-refractivity contribution in [2.45, 2.75) is 24.5 Å². The molecular weight excluding hydrogens is 382 g/mol. The number of ether oxygens (including phenoxy) is 2. The predicted molar refractivity (Wildman–Crippen MR) is 111 cm³/mol. The van der Waals surface area contributed by atoms with Crippen LogP contribution in [0.4, 0.5) is 4.79 Å². The van der Waals surface area contributed by atoms with Gasteiger partial charge in [0.05, 0.1) is 12.1 Å². The van der Waals surface area contributed by atoms with Gasteiger partial charge in [-0.3, -0.25) is 4.79 Å². The molecule has 3 heterocycles. The second-order valence-electron chi connectivity index (χ2n) is 8.13. The lowest BCUT2D eigenvalue weighted by Gasteiger charge is -2.46. The molecule has 0 aliphatic carbocycles. The van der Waals surface area contributed by atoms with Gasteiger partial charge >= 0.3 is 6.03 Å². The summed E-state index contributed by atoms with van der Waals surface area (Å²) in [6, 6.07) is 17.8. The summed E-state index contributed by atoms with van der Waals surface area (Å²) in [5.74, 6) is 1.86. The molecule has 3 fully saturated rings. The van der Waals surface area contributed by atoms with Gasteiger partial charge in [0.2, 0.25) is 5.91 Å². The van der Waals surface area contributed by atoms with Crippen molar-refractivity contribution in [3.05, 3.63) is 60.2 Å². The van der Waals surface area contributed by atoms with Gasteiger partial charge in [0, 0.05) is 32.1 Å². The first-order valence-electron chi connectivity index (χ1n) is 10.4. The number of hydrogen-bond acceptors (Lipinski definition) is 4. The van der Waals surface area contributed by atoms with Crippen molar-refractivity contribution in [2.24, 2.45) is 0 Å². The van der Waals surface area contributed by atoms with Crippen molar-refractivity contribution in [3.63, 3.8) is 0 Å². The third-order valence-electron chi connectivity index (χ3n) is 6.08. The topological polar surface area (TPSA) is 71.1 Å². The summed E-state index contributed by atoms with van der Waals surface area (Å²) in [6.45, 7) is 2.74. The van der Waals surface area contributed by atoms with Gasteiger partial charge in [0.15, 0.2) is 0 Å². The number of likely N-dealkylation sites (tertiary alicyclic amines) is 2. The Hall–Kier alpha value is -3.06. The number of carbonyl (C=O) groups excluding carboxylic acids is 2. The molecule has 0 aromatic heterocycles. The normalized spacial score (nSPS) is 23.9. The monoisotopic (exact) mass is 407 g/mol. The Labute approximate surface area is 175 Å². The lowest BCUT2D eigenvalue weighted by Crippen LogP contribution is -2.63. The number of piperidine rings is 1. The van der Waals surface area contributed by atoms with E-state index in [4.69, 9.17) is 9.47 Å². The van der Waals surface area contributed by atoms with E-state index >= 15 is 0 Å². The van der Waals surface area contributed by atoms with E-state index in [1.165, 1.54) is 5.56 Å². The van der Waals surface area contributed by atoms with Gasteiger partial charge in [-0.1, -0.05) is 30.3 Å². The molecule has 7 nitrogen and oxygen atoms in total. The van der Waals surface area contributed by atoms with Crippen LogP contribution in [-0.2, 0) is 9.53 Å². The molecule has 0 unspecified atom stereocenters. The number of benzene rings is 2. The highest BCUT2D eigenvalue weighted by Crippen LogP contribution is 2.31. The van der Waals surface area contributed by atoms with Gasteiger partial charge in [-0.2, -0.15) is 0 Å². The van der Waals surface area contributed by atoms with E-state index in [-0.39, 0.29) is 30.7 Å². The fourth-order valence-electron chi connectivity index (χ4n) is 4.35. The van der Waals surface area contributed by atoms with Gasteiger partial charge in [0.25, 0.3) is 0 Å². The second-order valence-corrected chi connectivity index (χ2v) is 8.13. The molecule has 3 saturated heterocycles. The maximum atomic E-state index is 12.8. The Kier molecular flexibility index (Phi) is 5.04. The third-order valence-corrected chi connectivity index (χ3v) is 6.08. The van der Waals surface area contributed by atoms with E-state index in [0.717, 1.165) is 17.9 Å². The Morgan fingerprint density at radius 2 is 1.70 bits per heavy atom. The first-order chi connectivity index (χ1) is 14.7. The minimum Gasteiger partial charge on any atom is -0.457 e. The van der Waals surface area contributed by atoms with Crippen LogP contribution < -0.4 is 10.1 Å². The zero-order valence-electron chi connectivity index (χ0n) is 16.7. The molecule has 2 aromatic rings. The molecule has 2 aromatic carbocycles. The van der Waals surface area contributed by atoms with Crippen LogP contribution in [0.5, 0.6) is 11.5 Å². The summed E-state index contributed by atoms with van der Waals surface area (Å²) in [6.07, 6.45) is 0.782. The van der Waals surface area contributed by atoms with Crippen LogP contribution in [0.25, 0.3) is 0 Å². The Bertz CT molecular complexity index is 912. The SMILES string of the molecule is O=C1CO[C@H]2CCN(C(=O)N3CC(c4ccc(Oc5ccccc5)cc4)C3)C[C@H]2N1. The molecule has 156 valence electrons. The first-order valence-corrected chi connectivity index (χ1v) is 10.4. The minimum absolute atomic E-state index is 0.0208. The lowest BCUT2D eigenvalue weighted by molar-refractivity contribution is -0.139. The number of carbonyl (C=O) groups is 2. The summed E-state index contributed by atoms with van der Waals surface area (Å²) in [5.41, 5.74) is 1.21. The Morgan fingerprint density at radius 3 is 2.47 bits per heavy atom. The maximum absolute atomic E-state index is 12.8. The molecule has 3 amide bonds. The molecule has 5 rings (SSSR count). The zero-order valence-corrected chi connectivity index (χ0v) is 16.7. The van der Waals surface area contributed by atoms with Gasteiger partial charge < -0.3 is 24.6 Å². The van der Waals surface area contributed by atoms with Crippen LogP contribution in [0.2, 0.25) is 0 Å². The van der Waals surface area contributed by atoms with E-state index in [9.17, 15) is 9.59 Å². The van der Waals surface area contributed by atoms with Crippen LogP contribution >= 0.6 is 0 Å². The quantitative estimate of drug-likeness (QED) is 0.849. The largest absolute Gasteiger partial charge is 0.457 e. The zero-order chi connectivity index (χ0) is 20.5. The molecular formula is C23H25N3O4. The molecule has 1 N–H and O–H groups in total. The number of nitrogens with zero attached hydrogens (tertiary/aromatic N) is 2. The van der Waals surface area contributed by atoms with E-state index in [2.05, 4.69) is 17.4 Å². The van der Waals surface area contributed by atoms with E-state index < -0.39 is 0 Å². The number of para-hydroxylation sites is 1. The molecule has 0 spiro atoms. The fourth-order valence-corrected chi connectivity index (χ4v) is 4.35. The molecule has 3 aliphatic heterocycles. The Morgan fingerprint density at radius 1 is 0.967 bits per heavy atom. The highest BCUT2D eigenvalue weighted by atomic mass is 16.5. The predicted octanol–water partition coefficient (Wildman–Crippen LogP) is 2.59.